The van der Waals surface area contributed by atoms with E-state index in [1.807, 2.05) is 0 Å². The molecular formula is C9H14N3O7P. The molecule has 1 saturated heterocycles. The highest BCUT2D eigenvalue weighted by Crippen LogP contribution is 2.37. The van der Waals surface area contributed by atoms with Crippen LogP contribution in [0.15, 0.2) is 17.1 Å². The van der Waals surface area contributed by atoms with Gasteiger partial charge in [-0.05, 0) is 6.07 Å². The molecule has 4 unspecified atom stereocenters. The highest BCUT2D eigenvalue weighted by atomic mass is 31.2. The number of aromatic nitrogens is 2. The van der Waals surface area contributed by atoms with Crippen LogP contribution in [-0.4, -0.2) is 54.5 Å². The van der Waals surface area contributed by atoms with Crippen molar-refractivity contribution in [3.8, 4) is 0 Å². The van der Waals surface area contributed by atoms with Gasteiger partial charge in [-0.1, -0.05) is 0 Å². The van der Waals surface area contributed by atoms with Crippen molar-refractivity contribution in [2.75, 3.05) is 12.3 Å². The maximum atomic E-state index is 11.7. The maximum absolute atomic E-state index is 11.7. The molecule has 1 aliphatic heterocycles. The van der Waals surface area contributed by atoms with E-state index in [0.717, 1.165) is 4.57 Å². The summed E-state index contributed by atoms with van der Waals surface area (Å²) < 4.78 is 11.0. The Bertz CT molecular complexity index is 525. The predicted molar refractivity (Wildman–Crippen MR) is 66.1 cm³/mol. The molecular weight excluding hydrogens is 293 g/mol. The lowest BCUT2D eigenvalue weighted by molar-refractivity contribution is -0.0545. The first kappa shape index (κ1) is 15.3. The number of aliphatic hydroxyl groups excluding tert-OH is 2. The lowest BCUT2D eigenvalue weighted by Gasteiger charge is -2.19. The van der Waals surface area contributed by atoms with E-state index in [0.29, 0.717) is 0 Å². The maximum Gasteiger partial charge on any atom is 0.351 e. The SMILES string of the molecule is Nc1ccn(C2OC(CO)C(OP(O)O)C2O)c(=O)n1. The number of ether oxygens (including phenoxy) is 1. The van der Waals surface area contributed by atoms with Gasteiger partial charge in [-0.15, -0.1) is 0 Å². The molecule has 0 saturated carbocycles. The van der Waals surface area contributed by atoms with E-state index in [9.17, 15) is 9.90 Å². The quantitative estimate of drug-likeness (QED) is 0.384. The predicted octanol–water partition coefficient (Wildman–Crippen LogP) is -2.33. The van der Waals surface area contributed by atoms with Gasteiger partial charge in [-0.25, -0.2) is 4.79 Å². The molecule has 10 nitrogen and oxygen atoms in total. The zero-order valence-electron chi connectivity index (χ0n) is 10.1. The van der Waals surface area contributed by atoms with Gasteiger partial charge in [-0.2, -0.15) is 4.98 Å². The second kappa shape index (κ2) is 6.10. The number of anilines is 1. The summed E-state index contributed by atoms with van der Waals surface area (Å²) in [5.41, 5.74) is 4.60. The number of nitrogen functional groups attached to an aromatic ring is 1. The number of hydrogen-bond acceptors (Lipinski definition) is 9. The summed E-state index contributed by atoms with van der Waals surface area (Å²) in [7, 11) is -2.75. The van der Waals surface area contributed by atoms with E-state index in [2.05, 4.69) is 4.98 Å². The molecule has 1 aromatic heterocycles. The first-order valence-corrected chi connectivity index (χ1v) is 6.74. The monoisotopic (exact) mass is 307 g/mol. The molecule has 2 heterocycles. The molecule has 1 aromatic rings. The smallest absolute Gasteiger partial charge is 0.351 e. The van der Waals surface area contributed by atoms with Crippen LogP contribution in [0, 0.1) is 0 Å². The van der Waals surface area contributed by atoms with Gasteiger partial charge in [0.1, 0.15) is 24.1 Å². The number of nitrogens with two attached hydrogens (primary N) is 1. The van der Waals surface area contributed by atoms with Gasteiger partial charge in [0.25, 0.3) is 0 Å². The zero-order chi connectivity index (χ0) is 14.9. The fraction of sp³-hybridized carbons (Fsp3) is 0.556. The van der Waals surface area contributed by atoms with Crippen LogP contribution in [0.5, 0.6) is 0 Å². The normalized spacial score (nSPS) is 30.1. The van der Waals surface area contributed by atoms with Gasteiger partial charge in [0.15, 0.2) is 6.23 Å². The van der Waals surface area contributed by atoms with Crippen molar-refractivity contribution >= 4 is 14.4 Å². The van der Waals surface area contributed by atoms with Crippen molar-refractivity contribution < 1.29 is 29.3 Å². The number of rotatable bonds is 4. The van der Waals surface area contributed by atoms with Crippen molar-refractivity contribution in [1.29, 1.82) is 0 Å². The Morgan fingerprint density at radius 3 is 2.80 bits per heavy atom. The molecule has 0 aromatic carbocycles. The standard InChI is InChI=1S/C9H14N3O7P/c10-5-1-2-12(9(15)11-5)8-6(14)7(19-20(16)17)4(3-13)18-8/h1-2,4,6-8,13-14,16-17H,3H2,(H2,10,11,15). The Morgan fingerprint density at radius 2 is 2.25 bits per heavy atom. The number of aliphatic hydroxyl groups is 2. The van der Waals surface area contributed by atoms with Gasteiger partial charge in [0.2, 0.25) is 0 Å². The van der Waals surface area contributed by atoms with Crippen molar-refractivity contribution in [3.05, 3.63) is 22.7 Å². The largest absolute Gasteiger partial charge is 0.394 e. The van der Waals surface area contributed by atoms with Crippen LogP contribution in [0.1, 0.15) is 6.23 Å². The molecule has 1 fully saturated rings. The van der Waals surface area contributed by atoms with Gasteiger partial charge < -0.3 is 35.0 Å². The van der Waals surface area contributed by atoms with Gasteiger partial charge in [0.05, 0.1) is 6.61 Å². The third-order valence-corrected chi connectivity index (χ3v) is 3.26. The Kier molecular flexibility index (Phi) is 4.66. The van der Waals surface area contributed by atoms with Crippen LogP contribution < -0.4 is 11.4 Å². The number of hydrogen-bond donors (Lipinski definition) is 5. The summed E-state index contributed by atoms with van der Waals surface area (Å²) in [6.45, 7) is -0.529. The molecule has 2 rings (SSSR count). The minimum Gasteiger partial charge on any atom is -0.394 e. The fourth-order valence-corrected chi connectivity index (χ4v) is 2.43. The average Bonchev–Trinajstić information content (AvgIpc) is 2.67. The summed E-state index contributed by atoms with van der Waals surface area (Å²) in [5, 5.41) is 19.2. The minimum atomic E-state index is -2.75. The molecule has 0 radical (unpaired) electrons. The molecule has 112 valence electrons. The third-order valence-electron chi connectivity index (χ3n) is 2.83. The van der Waals surface area contributed by atoms with Gasteiger partial charge in [-0.3, -0.25) is 4.57 Å². The highest BCUT2D eigenvalue weighted by molar-refractivity contribution is 7.39. The first-order valence-electron chi connectivity index (χ1n) is 5.57. The van der Waals surface area contributed by atoms with E-state index in [1.165, 1.54) is 12.3 Å². The summed E-state index contributed by atoms with van der Waals surface area (Å²) >= 11 is 0. The lowest BCUT2D eigenvalue weighted by atomic mass is 10.1. The van der Waals surface area contributed by atoms with Crippen LogP contribution >= 0.6 is 8.60 Å². The Hall–Kier alpha value is -1.13. The van der Waals surface area contributed by atoms with Crippen LogP contribution in [-0.2, 0) is 9.26 Å². The molecule has 0 amide bonds. The topological polar surface area (TPSA) is 160 Å². The Morgan fingerprint density at radius 1 is 1.55 bits per heavy atom. The highest BCUT2D eigenvalue weighted by Gasteiger charge is 2.46. The Balaban J connectivity index is 2.27. The summed E-state index contributed by atoms with van der Waals surface area (Å²) in [5.74, 6) is 0.0134. The van der Waals surface area contributed by atoms with Crippen molar-refractivity contribution in [2.24, 2.45) is 0 Å². The van der Waals surface area contributed by atoms with E-state index in [4.69, 9.17) is 29.9 Å². The average molecular weight is 307 g/mol. The van der Waals surface area contributed by atoms with Crippen LogP contribution in [0.3, 0.4) is 0 Å². The molecule has 11 heteroatoms. The zero-order valence-corrected chi connectivity index (χ0v) is 11.0. The van der Waals surface area contributed by atoms with Crippen molar-refractivity contribution in [3.63, 3.8) is 0 Å². The molecule has 0 spiro atoms. The summed E-state index contributed by atoms with van der Waals surface area (Å²) in [6.07, 6.45) is -3.48. The second-order valence-corrected chi connectivity index (χ2v) is 4.82. The van der Waals surface area contributed by atoms with Crippen molar-refractivity contribution in [2.45, 2.75) is 24.5 Å². The molecule has 6 N–H and O–H groups in total. The lowest BCUT2D eigenvalue weighted by Crippen LogP contribution is -2.37. The Labute approximate surface area is 114 Å². The van der Waals surface area contributed by atoms with Gasteiger partial charge in [0, 0.05) is 6.20 Å². The fourth-order valence-electron chi connectivity index (χ4n) is 1.95. The van der Waals surface area contributed by atoms with E-state index < -0.39 is 45.4 Å². The van der Waals surface area contributed by atoms with E-state index >= 15 is 0 Å². The van der Waals surface area contributed by atoms with Crippen LogP contribution in [0.4, 0.5) is 5.82 Å². The molecule has 0 bridgehead atoms. The van der Waals surface area contributed by atoms with Crippen molar-refractivity contribution in [1.82, 2.24) is 9.55 Å². The first-order chi connectivity index (χ1) is 9.43. The van der Waals surface area contributed by atoms with E-state index in [1.54, 1.807) is 0 Å². The molecule has 20 heavy (non-hydrogen) atoms. The number of nitrogens with zero attached hydrogens (tertiary/aromatic N) is 2. The van der Waals surface area contributed by atoms with Gasteiger partial charge >= 0.3 is 14.3 Å². The minimum absolute atomic E-state index is 0.0134. The van der Waals surface area contributed by atoms with E-state index in [-0.39, 0.29) is 5.82 Å². The summed E-state index contributed by atoms with van der Waals surface area (Å²) in [6, 6.07) is 1.34. The molecule has 0 aliphatic carbocycles. The third kappa shape index (κ3) is 2.96. The summed E-state index contributed by atoms with van der Waals surface area (Å²) in [4.78, 5) is 32.9. The molecule has 4 atom stereocenters. The van der Waals surface area contributed by atoms with Crippen LogP contribution in [0.2, 0.25) is 0 Å². The molecule has 1 aliphatic rings. The second-order valence-electron chi connectivity index (χ2n) is 4.10. The van der Waals surface area contributed by atoms with Crippen LogP contribution in [0.25, 0.3) is 0 Å².